The van der Waals surface area contributed by atoms with Gasteiger partial charge in [0, 0.05) is 13.0 Å². The fraction of sp³-hybridized carbons (Fsp3) is 0.500. The molecule has 1 aromatic carbocycles. The van der Waals surface area contributed by atoms with Crippen molar-refractivity contribution in [1.82, 2.24) is 5.32 Å². The maximum absolute atomic E-state index is 5.61. The molecule has 16 heavy (non-hydrogen) atoms. The molecule has 4 heteroatoms. The van der Waals surface area contributed by atoms with E-state index in [0.717, 1.165) is 31.7 Å². The van der Waals surface area contributed by atoms with Gasteiger partial charge in [-0.15, -0.1) is 12.4 Å². The molecule has 1 atom stereocenters. The lowest BCUT2D eigenvalue weighted by Gasteiger charge is -2.24. The van der Waals surface area contributed by atoms with Gasteiger partial charge < -0.3 is 9.47 Å². The normalized spacial score (nSPS) is 19.9. The monoisotopic (exact) mass is 243 g/mol. The van der Waals surface area contributed by atoms with Crippen molar-refractivity contribution < 1.29 is 9.47 Å². The second-order valence-corrected chi connectivity index (χ2v) is 3.68. The Morgan fingerprint density at radius 2 is 2.25 bits per heavy atom. The molecule has 0 aromatic heterocycles. The van der Waals surface area contributed by atoms with Crippen LogP contribution in [0.4, 0.5) is 0 Å². The van der Waals surface area contributed by atoms with Crippen LogP contribution in [0, 0.1) is 0 Å². The smallest absolute Gasteiger partial charge is 0.122 e. The molecular weight excluding hydrogens is 226 g/mol. The number of nitrogens with one attached hydrogen (secondary N) is 1. The molecule has 0 aliphatic carbocycles. The van der Waals surface area contributed by atoms with Gasteiger partial charge in [0.05, 0.1) is 7.11 Å². The van der Waals surface area contributed by atoms with Gasteiger partial charge >= 0.3 is 0 Å². The number of para-hydroxylation sites is 1. The zero-order valence-electron chi connectivity index (χ0n) is 9.44. The first-order chi connectivity index (χ1) is 7.40. The first-order valence-electron chi connectivity index (χ1n) is 5.37. The van der Waals surface area contributed by atoms with E-state index in [1.165, 1.54) is 5.56 Å². The average Bonchev–Trinajstić information content (AvgIpc) is 2.31. The van der Waals surface area contributed by atoms with E-state index in [4.69, 9.17) is 9.47 Å². The topological polar surface area (TPSA) is 30.5 Å². The average molecular weight is 244 g/mol. The summed E-state index contributed by atoms with van der Waals surface area (Å²) in [6.07, 6.45) is 2.10. The molecule has 1 unspecified atom stereocenters. The Morgan fingerprint density at radius 3 is 2.94 bits per heavy atom. The third-order valence-corrected chi connectivity index (χ3v) is 2.61. The molecule has 1 heterocycles. The summed E-state index contributed by atoms with van der Waals surface area (Å²) in [6.45, 7) is 1.90. The summed E-state index contributed by atoms with van der Waals surface area (Å²) in [5, 5.41) is 3.34. The van der Waals surface area contributed by atoms with Crippen LogP contribution in [0.5, 0.6) is 5.75 Å². The molecule has 1 fully saturated rings. The van der Waals surface area contributed by atoms with Crippen LogP contribution >= 0.6 is 12.4 Å². The SMILES string of the molecule is COc1ccccc1CC1NCCCO1.Cl. The van der Waals surface area contributed by atoms with E-state index in [1.54, 1.807) is 7.11 Å². The molecule has 1 aromatic rings. The van der Waals surface area contributed by atoms with Gasteiger partial charge in [0.15, 0.2) is 0 Å². The summed E-state index contributed by atoms with van der Waals surface area (Å²) in [6, 6.07) is 8.08. The maximum atomic E-state index is 5.61. The van der Waals surface area contributed by atoms with Crippen LogP contribution in [0.1, 0.15) is 12.0 Å². The van der Waals surface area contributed by atoms with E-state index in [0.29, 0.717) is 0 Å². The van der Waals surface area contributed by atoms with Crippen molar-refractivity contribution in [2.24, 2.45) is 0 Å². The highest BCUT2D eigenvalue weighted by molar-refractivity contribution is 5.85. The minimum atomic E-state index is 0. The van der Waals surface area contributed by atoms with Gasteiger partial charge in [-0.25, -0.2) is 0 Å². The maximum Gasteiger partial charge on any atom is 0.122 e. The lowest BCUT2D eigenvalue weighted by molar-refractivity contribution is 0.00166. The predicted octanol–water partition coefficient (Wildman–Crippen LogP) is 2.00. The van der Waals surface area contributed by atoms with Crippen LogP contribution in [0.25, 0.3) is 0 Å². The number of halogens is 1. The quantitative estimate of drug-likeness (QED) is 0.881. The number of rotatable bonds is 3. The van der Waals surface area contributed by atoms with Gasteiger partial charge in [0.2, 0.25) is 0 Å². The lowest BCUT2D eigenvalue weighted by Crippen LogP contribution is -2.39. The second kappa shape index (κ2) is 6.74. The molecular formula is C12H18ClNO2. The molecule has 90 valence electrons. The highest BCUT2D eigenvalue weighted by Gasteiger charge is 2.15. The van der Waals surface area contributed by atoms with Gasteiger partial charge in [0.25, 0.3) is 0 Å². The van der Waals surface area contributed by atoms with Crippen LogP contribution in [0.3, 0.4) is 0 Å². The highest BCUT2D eigenvalue weighted by Crippen LogP contribution is 2.19. The molecule has 1 saturated heterocycles. The summed E-state index contributed by atoms with van der Waals surface area (Å²) in [5.74, 6) is 0.938. The van der Waals surface area contributed by atoms with Gasteiger partial charge in [0.1, 0.15) is 12.0 Å². The molecule has 0 saturated carbocycles. The number of ether oxygens (including phenoxy) is 2. The second-order valence-electron chi connectivity index (χ2n) is 3.68. The van der Waals surface area contributed by atoms with Crippen molar-refractivity contribution in [2.75, 3.05) is 20.3 Å². The van der Waals surface area contributed by atoms with Crippen LogP contribution in [-0.2, 0) is 11.2 Å². The largest absolute Gasteiger partial charge is 0.496 e. The Morgan fingerprint density at radius 1 is 1.44 bits per heavy atom. The molecule has 1 aliphatic heterocycles. The molecule has 1 N–H and O–H groups in total. The summed E-state index contributed by atoms with van der Waals surface area (Å²) < 4.78 is 10.9. The fourth-order valence-corrected chi connectivity index (χ4v) is 1.82. The third kappa shape index (κ3) is 3.37. The Bertz CT molecular complexity index is 314. The van der Waals surface area contributed by atoms with Crippen molar-refractivity contribution >= 4 is 12.4 Å². The first kappa shape index (κ1) is 13.3. The number of benzene rings is 1. The number of hydrogen-bond acceptors (Lipinski definition) is 3. The van der Waals surface area contributed by atoms with E-state index in [2.05, 4.69) is 11.4 Å². The zero-order chi connectivity index (χ0) is 10.5. The van der Waals surface area contributed by atoms with Crippen molar-refractivity contribution in [2.45, 2.75) is 19.1 Å². The molecule has 0 bridgehead atoms. The molecule has 1 aliphatic rings. The Kier molecular flexibility index (Phi) is 5.60. The summed E-state index contributed by atoms with van der Waals surface area (Å²) in [5.41, 5.74) is 1.19. The minimum absolute atomic E-state index is 0. The number of methoxy groups -OCH3 is 1. The van der Waals surface area contributed by atoms with E-state index in [1.807, 2.05) is 18.2 Å². The minimum Gasteiger partial charge on any atom is -0.496 e. The van der Waals surface area contributed by atoms with Gasteiger partial charge in [-0.1, -0.05) is 18.2 Å². The van der Waals surface area contributed by atoms with Crippen molar-refractivity contribution in [3.8, 4) is 5.75 Å². The fourth-order valence-electron chi connectivity index (χ4n) is 1.82. The summed E-state index contributed by atoms with van der Waals surface area (Å²) in [7, 11) is 1.70. The molecule has 2 rings (SSSR count). The van der Waals surface area contributed by atoms with Crippen LogP contribution < -0.4 is 10.1 Å². The van der Waals surface area contributed by atoms with Crippen LogP contribution in [-0.4, -0.2) is 26.5 Å². The van der Waals surface area contributed by atoms with E-state index < -0.39 is 0 Å². The third-order valence-electron chi connectivity index (χ3n) is 2.61. The number of hydrogen-bond donors (Lipinski definition) is 1. The standard InChI is InChI=1S/C12H17NO2.ClH/c1-14-11-6-3-2-5-10(11)9-12-13-7-4-8-15-12;/h2-3,5-6,12-13H,4,7-9H2,1H3;1H. The van der Waals surface area contributed by atoms with Crippen LogP contribution in [0.15, 0.2) is 24.3 Å². The van der Waals surface area contributed by atoms with Crippen molar-refractivity contribution in [3.63, 3.8) is 0 Å². The van der Waals surface area contributed by atoms with Gasteiger partial charge in [-0.3, -0.25) is 5.32 Å². The van der Waals surface area contributed by atoms with Crippen molar-refractivity contribution in [3.05, 3.63) is 29.8 Å². The first-order valence-corrected chi connectivity index (χ1v) is 5.37. The Hall–Kier alpha value is -0.770. The molecule has 0 radical (unpaired) electrons. The lowest BCUT2D eigenvalue weighted by atomic mass is 10.1. The van der Waals surface area contributed by atoms with Crippen LogP contribution in [0.2, 0.25) is 0 Å². The summed E-state index contributed by atoms with van der Waals surface area (Å²) >= 11 is 0. The summed E-state index contributed by atoms with van der Waals surface area (Å²) in [4.78, 5) is 0. The zero-order valence-corrected chi connectivity index (χ0v) is 10.3. The van der Waals surface area contributed by atoms with Gasteiger partial charge in [-0.05, 0) is 24.6 Å². The molecule has 0 amide bonds. The molecule has 3 nitrogen and oxygen atoms in total. The van der Waals surface area contributed by atoms with E-state index in [-0.39, 0.29) is 18.6 Å². The van der Waals surface area contributed by atoms with Crippen molar-refractivity contribution in [1.29, 1.82) is 0 Å². The Labute approximate surface area is 103 Å². The van der Waals surface area contributed by atoms with E-state index in [9.17, 15) is 0 Å². The Balaban J connectivity index is 0.00000128. The van der Waals surface area contributed by atoms with Gasteiger partial charge in [-0.2, -0.15) is 0 Å². The molecule has 0 spiro atoms. The predicted molar refractivity (Wildman–Crippen MR) is 66.3 cm³/mol. The highest BCUT2D eigenvalue weighted by atomic mass is 35.5. The van der Waals surface area contributed by atoms with E-state index >= 15 is 0 Å².